The van der Waals surface area contributed by atoms with E-state index in [1.807, 2.05) is 18.2 Å². The van der Waals surface area contributed by atoms with Gasteiger partial charge in [-0.3, -0.25) is 0 Å². The minimum atomic E-state index is 0.423. The van der Waals surface area contributed by atoms with Crippen LogP contribution in [0.25, 0.3) is 0 Å². The lowest BCUT2D eigenvalue weighted by atomic mass is 10.0. The first-order valence-corrected chi connectivity index (χ1v) is 5.61. The fourth-order valence-corrected chi connectivity index (χ4v) is 1.53. The Morgan fingerprint density at radius 3 is 2.59 bits per heavy atom. The highest BCUT2D eigenvalue weighted by Crippen LogP contribution is 2.20. The van der Waals surface area contributed by atoms with Gasteiger partial charge in [0, 0.05) is 5.69 Å². The first-order valence-electron chi connectivity index (χ1n) is 5.61. The summed E-state index contributed by atoms with van der Waals surface area (Å²) in [6, 6.07) is 11.8. The van der Waals surface area contributed by atoms with Crippen LogP contribution < -0.4 is 11.1 Å². The van der Waals surface area contributed by atoms with E-state index in [9.17, 15) is 0 Å². The summed E-state index contributed by atoms with van der Waals surface area (Å²) in [5, 5.41) is 11.0. The number of benzene rings is 1. The average molecular weight is 228 g/mol. The Morgan fingerprint density at radius 1 is 1.12 bits per heavy atom. The second-order valence-corrected chi connectivity index (χ2v) is 4.25. The maximum Gasteiger partial charge on any atom is 0.153 e. The summed E-state index contributed by atoms with van der Waals surface area (Å²) in [5.41, 5.74) is 7.78. The molecule has 0 saturated heterocycles. The molecule has 0 aliphatic heterocycles. The van der Waals surface area contributed by atoms with E-state index < -0.39 is 0 Å². The number of rotatable bonds is 3. The quantitative estimate of drug-likeness (QED) is 0.847. The van der Waals surface area contributed by atoms with Crippen LogP contribution in [-0.2, 0) is 0 Å². The molecule has 1 aromatic heterocycles. The van der Waals surface area contributed by atoms with E-state index in [1.54, 1.807) is 6.07 Å². The van der Waals surface area contributed by atoms with Crippen LogP contribution in [0.15, 0.2) is 36.4 Å². The van der Waals surface area contributed by atoms with Crippen molar-refractivity contribution in [3.63, 3.8) is 0 Å². The molecule has 0 unspecified atom stereocenters. The molecular formula is C13H16N4. The van der Waals surface area contributed by atoms with Crippen molar-refractivity contribution >= 4 is 17.3 Å². The monoisotopic (exact) mass is 228 g/mol. The molecule has 17 heavy (non-hydrogen) atoms. The zero-order chi connectivity index (χ0) is 12.3. The van der Waals surface area contributed by atoms with Crippen molar-refractivity contribution < 1.29 is 0 Å². The molecule has 0 aliphatic rings. The predicted molar refractivity (Wildman–Crippen MR) is 70.3 cm³/mol. The van der Waals surface area contributed by atoms with Crippen LogP contribution in [0.2, 0.25) is 0 Å². The van der Waals surface area contributed by atoms with Gasteiger partial charge in [0.1, 0.15) is 5.82 Å². The summed E-state index contributed by atoms with van der Waals surface area (Å²) in [4.78, 5) is 0. The molecule has 0 atom stereocenters. The van der Waals surface area contributed by atoms with Crippen LogP contribution in [0.3, 0.4) is 0 Å². The molecule has 1 heterocycles. The summed E-state index contributed by atoms with van der Waals surface area (Å²) in [5.74, 6) is 1.63. The van der Waals surface area contributed by atoms with Crippen molar-refractivity contribution in [3.05, 3.63) is 42.0 Å². The van der Waals surface area contributed by atoms with Gasteiger partial charge in [0.2, 0.25) is 0 Å². The smallest absolute Gasteiger partial charge is 0.153 e. The van der Waals surface area contributed by atoms with Gasteiger partial charge < -0.3 is 11.1 Å². The van der Waals surface area contributed by atoms with Gasteiger partial charge in [-0.2, -0.15) is 0 Å². The van der Waals surface area contributed by atoms with Crippen LogP contribution in [-0.4, -0.2) is 10.2 Å². The summed E-state index contributed by atoms with van der Waals surface area (Å²) in [6.45, 7) is 4.34. The molecule has 2 rings (SSSR count). The number of nitrogens with zero attached hydrogens (tertiary/aromatic N) is 2. The largest absolute Gasteiger partial charge is 0.382 e. The molecule has 0 saturated carbocycles. The highest BCUT2D eigenvalue weighted by molar-refractivity contribution is 5.57. The molecule has 0 amide bonds. The fourth-order valence-electron chi connectivity index (χ4n) is 1.53. The van der Waals surface area contributed by atoms with Gasteiger partial charge in [0.25, 0.3) is 0 Å². The predicted octanol–water partition coefficient (Wildman–Crippen LogP) is 2.93. The van der Waals surface area contributed by atoms with Gasteiger partial charge in [-0.05, 0) is 35.7 Å². The molecule has 3 N–H and O–H groups in total. The normalized spacial score (nSPS) is 10.5. The molecule has 0 aliphatic carbocycles. The van der Waals surface area contributed by atoms with Crippen molar-refractivity contribution in [2.45, 2.75) is 19.8 Å². The molecule has 0 fully saturated rings. The SMILES string of the molecule is CC(C)c1cccc(Nc2ccc(N)nn2)c1. The lowest BCUT2D eigenvalue weighted by Gasteiger charge is -2.09. The topological polar surface area (TPSA) is 63.8 Å². The summed E-state index contributed by atoms with van der Waals surface area (Å²) < 4.78 is 0. The molecule has 88 valence electrons. The van der Waals surface area contributed by atoms with Gasteiger partial charge in [-0.1, -0.05) is 26.0 Å². The fraction of sp³-hybridized carbons (Fsp3) is 0.231. The number of anilines is 3. The highest BCUT2D eigenvalue weighted by Gasteiger charge is 2.01. The zero-order valence-corrected chi connectivity index (χ0v) is 10.0. The maximum atomic E-state index is 5.48. The Balaban J connectivity index is 2.18. The van der Waals surface area contributed by atoms with E-state index in [2.05, 4.69) is 41.5 Å². The van der Waals surface area contributed by atoms with E-state index >= 15 is 0 Å². The van der Waals surface area contributed by atoms with Crippen LogP contribution in [0.1, 0.15) is 25.3 Å². The Hall–Kier alpha value is -2.10. The molecule has 1 aromatic carbocycles. The van der Waals surface area contributed by atoms with E-state index in [0.29, 0.717) is 17.6 Å². The van der Waals surface area contributed by atoms with E-state index in [4.69, 9.17) is 5.73 Å². The van der Waals surface area contributed by atoms with Crippen molar-refractivity contribution in [2.75, 3.05) is 11.1 Å². The summed E-state index contributed by atoms with van der Waals surface area (Å²) in [6.07, 6.45) is 0. The van der Waals surface area contributed by atoms with E-state index in [0.717, 1.165) is 5.69 Å². The summed E-state index contributed by atoms with van der Waals surface area (Å²) >= 11 is 0. The second-order valence-electron chi connectivity index (χ2n) is 4.25. The van der Waals surface area contributed by atoms with Gasteiger partial charge in [0.05, 0.1) is 0 Å². The van der Waals surface area contributed by atoms with Crippen molar-refractivity contribution in [2.24, 2.45) is 0 Å². The van der Waals surface area contributed by atoms with Crippen LogP contribution in [0, 0.1) is 0 Å². The minimum Gasteiger partial charge on any atom is -0.382 e. The molecule has 4 nitrogen and oxygen atoms in total. The highest BCUT2D eigenvalue weighted by atomic mass is 15.2. The second kappa shape index (κ2) is 4.82. The third kappa shape index (κ3) is 2.93. The van der Waals surface area contributed by atoms with E-state index in [-0.39, 0.29) is 0 Å². The standard InChI is InChI=1S/C13H16N4/c1-9(2)10-4-3-5-11(8-10)15-13-7-6-12(14)16-17-13/h3-9H,1-2H3,(H2,14,16)(H,15,17). The minimum absolute atomic E-state index is 0.423. The Morgan fingerprint density at radius 2 is 1.94 bits per heavy atom. The number of hydrogen-bond donors (Lipinski definition) is 2. The first kappa shape index (κ1) is 11.4. The number of aromatic nitrogens is 2. The zero-order valence-electron chi connectivity index (χ0n) is 10.0. The first-order chi connectivity index (χ1) is 8.15. The third-order valence-electron chi connectivity index (χ3n) is 2.51. The molecule has 0 radical (unpaired) electrons. The van der Waals surface area contributed by atoms with E-state index in [1.165, 1.54) is 5.56 Å². The molecule has 4 heteroatoms. The van der Waals surface area contributed by atoms with Gasteiger partial charge in [0.15, 0.2) is 5.82 Å². The lowest BCUT2D eigenvalue weighted by Crippen LogP contribution is -1.98. The number of nitrogens with one attached hydrogen (secondary N) is 1. The Bertz CT molecular complexity index is 491. The average Bonchev–Trinajstić information content (AvgIpc) is 2.32. The van der Waals surface area contributed by atoms with Crippen molar-refractivity contribution in [3.8, 4) is 0 Å². The maximum absolute atomic E-state index is 5.48. The van der Waals surface area contributed by atoms with Gasteiger partial charge in [-0.15, -0.1) is 10.2 Å². The Labute approximate surface area is 101 Å². The van der Waals surface area contributed by atoms with Crippen molar-refractivity contribution in [1.82, 2.24) is 10.2 Å². The van der Waals surface area contributed by atoms with Crippen LogP contribution >= 0.6 is 0 Å². The number of nitrogens with two attached hydrogens (primary N) is 1. The summed E-state index contributed by atoms with van der Waals surface area (Å²) in [7, 11) is 0. The van der Waals surface area contributed by atoms with Gasteiger partial charge in [-0.25, -0.2) is 0 Å². The molecule has 0 spiro atoms. The Kier molecular flexibility index (Phi) is 3.23. The van der Waals surface area contributed by atoms with Crippen molar-refractivity contribution in [1.29, 1.82) is 0 Å². The number of nitrogen functional groups attached to an aromatic ring is 1. The third-order valence-corrected chi connectivity index (χ3v) is 2.51. The van der Waals surface area contributed by atoms with Crippen LogP contribution in [0.5, 0.6) is 0 Å². The number of hydrogen-bond acceptors (Lipinski definition) is 4. The van der Waals surface area contributed by atoms with Crippen LogP contribution in [0.4, 0.5) is 17.3 Å². The van der Waals surface area contributed by atoms with Gasteiger partial charge >= 0.3 is 0 Å². The molecule has 2 aromatic rings. The lowest BCUT2D eigenvalue weighted by molar-refractivity contribution is 0.867. The molecular weight excluding hydrogens is 212 g/mol. The molecule has 0 bridgehead atoms.